The zero-order chi connectivity index (χ0) is 21.3. The fraction of sp³-hybridized carbons (Fsp3) is 0.474. The van der Waals surface area contributed by atoms with Crippen LogP contribution >= 0.6 is 0 Å². The number of nitriles is 1. The summed E-state index contributed by atoms with van der Waals surface area (Å²) in [6, 6.07) is 3.33. The van der Waals surface area contributed by atoms with E-state index in [1.54, 1.807) is 31.5 Å². The number of rotatable bonds is 5. The van der Waals surface area contributed by atoms with Crippen molar-refractivity contribution in [3.8, 4) is 6.07 Å². The number of sulfone groups is 1. The summed E-state index contributed by atoms with van der Waals surface area (Å²) < 4.78 is 25.1. The predicted molar refractivity (Wildman–Crippen MR) is 107 cm³/mol. The Balaban J connectivity index is 1.74. The molecule has 2 aromatic rings. The Morgan fingerprint density at radius 1 is 1.41 bits per heavy atom. The highest BCUT2D eigenvalue weighted by Gasteiger charge is 2.31. The van der Waals surface area contributed by atoms with E-state index in [0.717, 1.165) is 5.56 Å². The molecule has 0 bridgehead atoms. The number of nitrogens with zero attached hydrogens (tertiary/aromatic N) is 3. The lowest BCUT2D eigenvalue weighted by atomic mass is 9.99. The Labute approximate surface area is 168 Å². The molecule has 10 heteroatoms. The van der Waals surface area contributed by atoms with Gasteiger partial charge in [0, 0.05) is 18.2 Å². The fourth-order valence-electron chi connectivity index (χ4n) is 3.72. The van der Waals surface area contributed by atoms with Gasteiger partial charge in [0.2, 0.25) is 5.91 Å². The molecule has 3 rings (SSSR count). The first kappa shape index (κ1) is 20.8. The third-order valence-electron chi connectivity index (χ3n) is 5.20. The summed E-state index contributed by atoms with van der Waals surface area (Å²) in [4.78, 5) is 27.0. The number of hydrogen-bond donors (Lipinski definition) is 2. The van der Waals surface area contributed by atoms with Crippen molar-refractivity contribution in [3.05, 3.63) is 44.5 Å². The standard InChI is InChI=1S/C19H23N5O4S/c1-11-8-17(24(23-11)14-6-7-29(27,28)10-14)22-18(25)5-4-15-12(2)16(9-20)19(26)21-13(15)3/h8,14H,4-7,10H2,1-3H3,(H,21,26)(H,22,25). The second-order valence-electron chi connectivity index (χ2n) is 7.39. The fourth-order valence-corrected chi connectivity index (χ4v) is 5.41. The molecule has 0 aromatic carbocycles. The van der Waals surface area contributed by atoms with E-state index in [0.29, 0.717) is 35.6 Å². The molecular weight excluding hydrogens is 394 g/mol. The van der Waals surface area contributed by atoms with Gasteiger partial charge in [-0.3, -0.25) is 9.59 Å². The van der Waals surface area contributed by atoms with Crippen LogP contribution in [0.15, 0.2) is 10.9 Å². The lowest BCUT2D eigenvalue weighted by Gasteiger charge is -2.14. The number of pyridine rings is 1. The minimum Gasteiger partial charge on any atom is -0.325 e. The molecular formula is C19H23N5O4S. The van der Waals surface area contributed by atoms with Crippen molar-refractivity contribution < 1.29 is 13.2 Å². The van der Waals surface area contributed by atoms with Crippen molar-refractivity contribution in [3.63, 3.8) is 0 Å². The number of H-pyrrole nitrogens is 1. The lowest BCUT2D eigenvalue weighted by Crippen LogP contribution is -2.21. The zero-order valence-corrected chi connectivity index (χ0v) is 17.4. The Morgan fingerprint density at radius 2 is 2.14 bits per heavy atom. The van der Waals surface area contributed by atoms with Crippen LogP contribution in [0.2, 0.25) is 0 Å². The first-order valence-electron chi connectivity index (χ1n) is 9.30. The van der Waals surface area contributed by atoms with Gasteiger partial charge < -0.3 is 10.3 Å². The third-order valence-corrected chi connectivity index (χ3v) is 6.95. The van der Waals surface area contributed by atoms with Crippen LogP contribution in [-0.4, -0.2) is 40.6 Å². The average Bonchev–Trinajstić information content (AvgIpc) is 3.16. The highest BCUT2D eigenvalue weighted by atomic mass is 32.2. The Morgan fingerprint density at radius 3 is 2.76 bits per heavy atom. The number of aryl methyl sites for hydroxylation is 2. The third kappa shape index (κ3) is 4.40. The van der Waals surface area contributed by atoms with E-state index in [9.17, 15) is 18.0 Å². The topological polar surface area (TPSA) is 138 Å². The summed E-state index contributed by atoms with van der Waals surface area (Å²) in [6.07, 6.45) is 0.977. The highest BCUT2D eigenvalue weighted by Crippen LogP contribution is 2.27. The van der Waals surface area contributed by atoms with Gasteiger partial charge in [-0.15, -0.1) is 0 Å². The summed E-state index contributed by atoms with van der Waals surface area (Å²) >= 11 is 0. The van der Waals surface area contributed by atoms with Gasteiger partial charge >= 0.3 is 0 Å². The predicted octanol–water partition coefficient (Wildman–Crippen LogP) is 1.30. The average molecular weight is 417 g/mol. The van der Waals surface area contributed by atoms with Crippen LogP contribution in [0.5, 0.6) is 0 Å². The molecule has 2 N–H and O–H groups in total. The molecule has 3 heterocycles. The van der Waals surface area contributed by atoms with Gasteiger partial charge in [0.25, 0.3) is 5.56 Å². The number of carbonyl (C=O) groups is 1. The van der Waals surface area contributed by atoms with Crippen LogP contribution in [0.3, 0.4) is 0 Å². The van der Waals surface area contributed by atoms with Gasteiger partial charge in [0.15, 0.2) is 9.84 Å². The highest BCUT2D eigenvalue weighted by molar-refractivity contribution is 7.91. The molecule has 154 valence electrons. The largest absolute Gasteiger partial charge is 0.325 e. The number of anilines is 1. The smallest absolute Gasteiger partial charge is 0.266 e. The molecule has 1 atom stereocenters. The van der Waals surface area contributed by atoms with Gasteiger partial charge in [-0.2, -0.15) is 10.4 Å². The van der Waals surface area contributed by atoms with Gasteiger partial charge in [0.05, 0.1) is 23.2 Å². The molecule has 0 spiro atoms. The van der Waals surface area contributed by atoms with E-state index in [1.807, 2.05) is 6.07 Å². The summed E-state index contributed by atoms with van der Waals surface area (Å²) in [5.41, 5.74) is 2.30. The molecule has 1 saturated heterocycles. The van der Waals surface area contributed by atoms with E-state index in [1.165, 1.54) is 0 Å². The maximum Gasteiger partial charge on any atom is 0.266 e. The molecule has 0 aliphatic carbocycles. The second kappa shape index (κ2) is 7.83. The number of carbonyl (C=O) groups excluding carboxylic acids is 1. The number of nitrogens with one attached hydrogen (secondary N) is 2. The van der Waals surface area contributed by atoms with Crippen LogP contribution < -0.4 is 10.9 Å². The number of amides is 1. The van der Waals surface area contributed by atoms with Crippen LogP contribution in [0, 0.1) is 32.1 Å². The summed E-state index contributed by atoms with van der Waals surface area (Å²) in [5.74, 6) is 0.359. The summed E-state index contributed by atoms with van der Waals surface area (Å²) in [5, 5.41) is 16.3. The van der Waals surface area contributed by atoms with E-state index in [-0.39, 0.29) is 35.4 Å². The van der Waals surface area contributed by atoms with Crippen LogP contribution in [0.25, 0.3) is 0 Å². The van der Waals surface area contributed by atoms with Gasteiger partial charge in [-0.25, -0.2) is 13.1 Å². The number of aromatic amines is 1. The molecule has 1 aliphatic heterocycles. The first-order chi connectivity index (χ1) is 13.6. The second-order valence-corrected chi connectivity index (χ2v) is 9.62. The van der Waals surface area contributed by atoms with Crippen molar-refractivity contribution in [1.29, 1.82) is 5.26 Å². The molecule has 1 aliphatic rings. The molecule has 0 radical (unpaired) electrons. The van der Waals surface area contributed by atoms with Gasteiger partial charge in [-0.05, 0) is 44.7 Å². The van der Waals surface area contributed by atoms with Crippen molar-refractivity contribution in [1.82, 2.24) is 14.8 Å². The molecule has 1 amide bonds. The molecule has 1 fully saturated rings. The SMILES string of the molecule is Cc1cc(NC(=O)CCc2c(C)[nH]c(=O)c(C#N)c2C)n(C2CCS(=O)(=O)C2)n1. The summed E-state index contributed by atoms with van der Waals surface area (Å²) in [6.45, 7) is 5.22. The Bertz CT molecular complexity index is 1170. The van der Waals surface area contributed by atoms with Crippen LogP contribution in [0.1, 0.15) is 47.0 Å². The summed E-state index contributed by atoms with van der Waals surface area (Å²) in [7, 11) is -3.07. The van der Waals surface area contributed by atoms with E-state index in [2.05, 4.69) is 15.4 Å². The van der Waals surface area contributed by atoms with Crippen LogP contribution in [0.4, 0.5) is 5.82 Å². The molecule has 9 nitrogen and oxygen atoms in total. The van der Waals surface area contributed by atoms with E-state index >= 15 is 0 Å². The van der Waals surface area contributed by atoms with Crippen molar-refractivity contribution >= 4 is 21.6 Å². The Hall–Kier alpha value is -2.93. The maximum atomic E-state index is 12.5. The minimum atomic E-state index is -3.07. The normalized spacial score (nSPS) is 17.8. The number of aromatic nitrogens is 3. The molecule has 29 heavy (non-hydrogen) atoms. The van der Waals surface area contributed by atoms with Crippen LogP contribution in [-0.2, 0) is 21.1 Å². The van der Waals surface area contributed by atoms with Gasteiger partial charge in [0.1, 0.15) is 17.5 Å². The Kier molecular flexibility index (Phi) is 5.61. The quantitative estimate of drug-likeness (QED) is 0.752. The zero-order valence-electron chi connectivity index (χ0n) is 16.6. The van der Waals surface area contributed by atoms with Crippen molar-refractivity contribution in [2.24, 2.45) is 0 Å². The molecule has 2 aromatic heterocycles. The monoisotopic (exact) mass is 417 g/mol. The molecule has 1 unspecified atom stereocenters. The van der Waals surface area contributed by atoms with E-state index < -0.39 is 15.4 Å². The van der Waals surface area contributed by atoms with Crippen molar-refractivity contribution in [2.45, 2.75) is 46.1 Å². The minimum absolute atomic E-state index is 0.0176. The lowest BCUT2D eigenvalue weighted by molar-refractivity contribution is -0.116. The number of hydrogen-bond acceptors (Lipinski definition) is 6. The van der Waals surface area contributed by atoms with Gasteiger partial charge in [-0.1, -0.05) is 0 Å². The van der Waals surface area contributed by atoms with Crippen molar-refractivity contribution in [2.75, 3.05) is 16.8 Å². The molecule has 0 saturated carbocycles. The first-order valence-corrected chi connectivity index (χ1v) is 11.1. The maximum absolute atomic E-state index is 12.5. The van der Waals surface area contributed by atoms with E-state index in [4.69, 9.17) is 5.26 Å².